The summed E-state index contributed by atoms with van der Waals surface area (Å²) in [4.78, 5) is 18.1. The van der Waals surface area contributed by atoms with Crippen LogP contribution in [0.2, 0.25) is 0 Å². The van der Waals surface area contributed by atoms with Crippen LogP contribution in [0.3, 0.4) is 0 Å². The molecule has 1 fully saturated rings. The van der Waals surface area contributed by atoms with Crippen LogP contribution in [0.1, 0.15) is 56.5 Å². The van der Waals surface area contributed by atoms with Crippen molar-refractivity contribution in [3.63, 3.8) is 0 Å². The van der Waals surface area contributed by atoms with E-state index in [4.69, 9.17) is 0 Å². The standard InChI is InChI=1S/C23H26N2OS2/c1-16-17(2)28-23(24-22(26)18-10-5-3-6-11-18)20(16)21(19-12-9-15-27-19)25-13-7-4-8-14-25/h3,5-6,9-12,15,21H,4,7-8,13-14H2,1-2H3,(H,24,26)/t21-/m0/s1. The number of benzene rings is 1. The van der Waals surface area contributed by atoms with Crippen molar-refractivity contribution in [3.05, 3.63) is 74.3 Å². The van der Waals surface area contributed by atoms with E-state index < -0.39 is 0 Å². The first-order valence-corrected chi connectivity index (χ1v) is 11.6. The molecule has 5 heteroatoms. The maximum absolute atomic E-state index is 12.9. The van der Waals surface area contributed by atoms with Gasteiger partial charge in [0.1, 0.15) is 5.00 Å². The van der Waals surface area contributed by atoms with E-state index in [2.05, 4.69) is 41.6 Å². The molecule has 1 aromatic carbocycles. The number of carbonyl (C=O) groups excluding carboxylic acids is 1. The Morgan fingerprint density at radius 2 is 1.79 bits per heavy atom. The number of piperidine rings is 1. The lowest BCUT2D eigenvalue weighted by molar-refractivity contribution is 0.102. The maximum Gasteiger partial charge on any atom is 0.256 e. The van der Waals surface area contributed by atoms with Crippen LogP contribution in [0.15, 0.2) is 47.8 Å². The number of thiophene rings is 2. The lowest BCUT2D eigenvalue weighted by Gasteiger charge is -2.35. The normalized spacial score (nSPS) is 16.1. The van der Waals surface area contributed by atoms with Crippen molar-refractivity contribution < 1.29 is 4.79 Å². The summed E-state index contributed by atoms with van der Waals surface area (Å²) >= 11 is 3.51. The second kappa shape index (κ2) is 8.60. The van der Waals surface area contributed by atoms with Crippen molar-refractivity contribution in [2.75, 3.05) is 18.4 Å². The number of nitrogens with one attached hydrogen (secondary N) is 1. The van der Waals surface area contributed by atoms with Gasteiger partial charge < -0.3 is 5.32 Å². The van der Waals surface area contributed by atoms with E-state index >= 15 is 0 Å². The van der Waals surface area contributed by atoms with Crippen LogP contribution in [-0.2, 0) is 0 Å². The molecule has 28 heavy (non-hydrogen) atoms. The molecule has 1 aliphatic heterocycles. The molecule has 3 nitrogen and oxygen atoms in total. The molecule has 0 bridgehead atoms. The smallest absolute Gasteiger partial charge is 0.256 e. The van der Waals surface area contributed by atoms with Crippen molar-refractivity contribution in [2.24, 2.45) is 0 Å². The summed E-state index contributed by atoms with van der Waals surface area (Å²) < 4.78 is 0. The molecule has 3 heterocycles. The number of amides is 1. The van der Waals surface area contributed by atoms with E-state index in [9.17, 15) is 4.79 Å². The molecule has 0 spiro atoms. The topological polar surface area (TPSA) is 32.3 Å². The van der Waals surface area contributed by atoms with Gasteiger partial charge >= 0.3 is 0 Å². The summed E-state index contributed by atoms with van der Waals surface area (Å²) in [5, 5.41) is 6.38. The summed E-state index contributed by atoms with van der Waals surface area (Å²) in [6.07, 6.45) is 3.80. The van der Waals surface area contributed by atoms with Gasteiger partial charge in [-0.05, 0) is 68.9 Å². The molecule has 4 rings (SSSR count). The monoisotopic (exact) mass is 410 g/mol. The zero-order valence-electron chi connectivity index (χ0n) is 16.4. The molecule has 1 N–H and O–H groups in total. The Labute approximate surface area is 175 Å². The number of anilines is 1. The van der Waals surface area contributed by atoms with Gasteiger partial charge in [0, 0.05) is 20.9 Å². The van der Waals surface area contributed by atoms with Gasteiger partial charge in [0.15, 0.2) is 0 Å². The highest BCUT2D eigenvalue weighted by Crippen LogP contribution is 2.44. The van der Waals surface area contributed by atoms with Crippen LogP contribution in [0.25, 0.3) is 0 Å². The van der Waals surface area contributed by atoms with E-state index in [-0.39, 0.29) is 11.9 Å². The Morgan fingerprint density at radius 1 is 1.04 bits per heavy atom. The minimum Gasteiger partial charge on any atom is -0.313 e. The first-order chi connectivity index (χ1) is 13.6. The molecule has 1 amide bonds. The Morgan fingerprint density at radius 3 is 2.46 bits per heavy atom. The van der Waals surface area contributed by atoms with E-state index in [1.807, 2.05) is 41.7 Å². The molecule has 2 aromatic heterocycles. The van der Waals surface area contributed by atoms with E-state index in [0.717, 1.165) is 18.1 Å². The number of rotatable bonds is 5. The molecule has 3 aromatic rings. The van der Waals surface area contributed by atoms with Gasteiger partial charge in [-0.2, -0.15) is 0 Å². The molecular weight excluding hydrogens is 384 g/mol. The highest BCUT2D eigenvalue weighted by Gasteiger charge is 2.30. The third kappa shape index (κ3) is 3.93. The average Bonchev–Trinajstić information content (AvgIpc) is 3.34. The third-order valence-electron chi connectivity index (χ3n) is 5.54. The van der Waals surface area contributed by atoms with Crippen molar-refractivity contribution in [1.82, 2.24) is 4.90 Å². The van der Waals surface area contributed by atoms with Gasteiger partial charge in [0.2, 0.25) is 0 Å². The minimum absolute atomic E-state index is 0.0355. The zero-order valence-corrected chi connectivity index (χ0v) is 18.0. The zero-order chi connectivity index (χ0) is 19.5. The number of hydrogen-bond acceptors (Lipinski definition) is 4. The summed E-state index contributed by atoms with van der Waals surface area (Å²) in [6.45, 7) is 6.58. The van der Waals surface area contributed by atoms with Crippen LogP contribution in [0, 0.1) is 13.8 Å². The molecule has 0 unspecified atom stereocenters. The molecule has 1 saturated heterocycles. The summed E-state index contributed by atoms with van der Waals surface area (Å²) in [5.74, 6) is -0.0355. The summed E-state index contributed by atoms with van der Waals surface area (Å²) in [7, 11) is 0. The van der Waals surface area contributed by atoms with Gasteiger partial charge in [-0.1, -0.05) is 30.7 Å². The minimum atomic E-state index is -0.0355. The number of carbonyl (C=O) groups is 1. The van der Waals surface area contributed by atoms with Crippen LogP contribution >= 0.6 is 22.7 Å². The fraction of sp³-hybridized carbons (Fsp3) is 0.348. The van der Waals surface area contributed by atoms with Crippen LogP contribution < -0.4 is 5.32 Å². The highest BCUT2D eigenvalue weighted by atomic mass is 32.1. The largest absolute Gasteiger partial charge is 0.313 e. The van der Waals surface area contributed by atoms with Gasteiger partial charge in [0.05, 0.1) is 6.04 Å². The number of aryl methyl sites for hydroxylation is 1. The number of nitrogens with zero attached hydrogens (tertiary/aromatic N) is 1. The van der Waals surface area contributed by atoms with E-state index in [1.165, 1.54) is 40.1 Å². The number of hydrogen-bond donors (Lipinski definition) is 1. The van der Waals surface area contributed by atoms with E-state index in [0.29, 0.717) is 5.56 Å². The SMILES string of the molecule is Cc1sc(NC(=O)c2ccccc2)c([C@H](c2cccs2)N2CCCCC2)c1C. The molecule has 0 radical (unpaired) electrons. The van der Waals surface area contributed by atoms with Crippen molar-refractivity contribution in [3.8, 4) is 0 Å². The summed E-state index contributed by atoms with van der Waals surface area (Å²) in [6, 6.07) is 14.1. The lowest BCUT2D eigenvalue weighted by atomic mass is 9.98. The van der Waals surface area contributed by atoms with Gasteiger partial charge in [-0.3, -0.25) is 9.69 Å². The van der Waals surface area contributed by atoms with Crippen LogP contribution in [0.5, 0.6) is 0 Å². The molecule has 1 aliphatic rings. The first kappa shape index (κ1) is 19.4. The molecule has 1 atom stereocenters. The van der Waals surface area contributed by atoms with Crippen LogP contribution in [-0.4, -0.2) is 23.9 Å². The Hall–Kier alpha value is -1.95. The van der Waals surface area contributed by atoms with Gasteiger partial charge in [-0.15, -0.1) is 22.7 Å². The predicted molar refractivity (Wildman–Crippen MR) is 120 cm³/mol. The Balaban J connectivity index is 1.73. The third-order valence-corrected chi connectivity index (χ3v) is 7.60. The van der Waals surface area contributed by atoms with Crippen molar-refractivity contribution in [1.29, 1.82) is 0 Å². The molecule has 0 aliphatic carbocycles. The molecular formula is C23H26N2OS2. The van der Waals surface area contributed by atoms with Crippen molar-refractivity contribution in [2.45, 2.75) is 39.2 Å². The molecule has 146 valence electrons. The number of likely N-dealkylation sites (tertiary alicyclic amines) is 1. The Kier molecular flexibility index (Phi) is 5.95. The fourth-order valence-electron chi connectivity index (χ4n) is 3.96. The highest BCUT2D eigenvalue weighted by molar-refractivity contribution is 7.16. The van der Waals surface area contributed by atoms with Crippen LogP contribution in [0.4, 0.5) is 5.00 Å². The van der Waals surface area contributed by atoms with Gasteiger partial charge in [-0.25, -0.2) is 0 Å². The van der Waals surface area contributed by atoms with Crippen molar-refractivity contribution >= 4 is 33.6 Å². The first-order valence-electron chi connectivity index (χ1n) is 9.89. The van der Waals surface area contributed by atoms with Gasteiger partial charge in [0.25, 0.3) is 5.91 Å². The Bertz CT molecular complexity index is 925. The predicted octanol–water partition coefficient (Wildman–Crippen LogP) is 6.25. The lowest BCUT2D eigenvalue weighted by Crippen LogP contribution is -2.34. The average molecular weight is 411 g/mol. The maximum atomic E-state index is 12.9. The fourth-order valence-corrected chi connectivity index (χ4v) is 5.91. The summed E-state index contributed by atoms with van der Waals surface area (Å²) in [5.41, 5.74) is 3.27. The molecule has 0 saturated carbocycles. The quantitative estimate of drug-likeness (QED) is 0.539. The second-order valence-electron chi connectivity index (χ2n) is 7.36. The van der Waals surface area contributed by atoms with E-state index in [1.54, 1.807) is 11.3 Å². The second-order valence-corrected chi connectivity index (χ2v) is 9.56.